The van der Waals surface area contributed by atoms with Crippen LogP contribution in [0.5, 0.6) is 0 Å². The van der Waals surface area contributed by atoms with Crippen LogP contribution in [-0.4, -0.2) is 0 Å². The van der Waals surface area contributed by atoms with Gasteiger partial charge >= 0.3 is 0 Å². The summed E-state index contributed by atoms with van der Waals surface area (Å²) in [7, 11) is 0. The monoisotopic (exact) mass is 257 g/mol. The molecule has 0 saturated heterocycles. The Labute approximate surface area is 114 Å². The van der Waals surface area contributed by atoms with E-state index in [9.17, 15) is 4.39 Å². The van der Waals surface area contributed by atoms with E-state index >= 15 is 0 Å². The minimum Gasteiger partial charge on any atom is -0.306 e. The van der Waals surface area contributed by atoms with Crippen LogP contribution in [0.25, 0.3) is 0 Å². The molecule has 19 heavy (non-hydrogen) atoms. The van der Waals surface area contributed by atoms with Gasteiger partial charge in [0.1, 0.15) is 5.82 Å². The highest BCUT2D eigenvalue weighted by Crippen LogP contribution is 2.15. The molecule has 0 aliphatic carbocycles. The molecule has 0 aliphatic heterocycles. The van der Waals surface area contributed by atoms with Crippen LogP contribution in [0.4, 0.5) is 4.39 Å². The highest BCUT2D eigenvalue weighted by Gasteiger charge is 2.06. The summed E-state index contributed by atoms with van der Waals surface area (Å²) in [5.41, 5.74) is 5.00. The number of hydrogen-bond donors (Lipinski definition) is 1. The van der Waals surface area contributed by atoms with Gasteiger partial charge in [-0.15, -0.1) is 0 Å². The number of nitrogens with one attached hydrogen (secondary N) is 1. The lowest BCUT2D eigenvalue weighted by atomic mass is 10.0. The van der Waals surface area contributed by atoms with Crippen LogP contribution in [0.2, 0.25) is 0 Å². The first kappa shape index (κ1) is 13.8. The van der Waals surface area contributed by atoms with E-state index in [4.69, 9.17) is 0 Å². The minimum absolute atomic E-state index is 0.190. The van der Waals surface area contributed by atoms with Crippen LogP contribution in [0, 0.1) is 19.7 Å². The number of halogens is 1. The summed E-state index contributed by atoms with van der Waals surface area (Å²) in [6.45, 7) is 7.15. The topological polar surface area (TPSA) is 12.0 Å². The Kier molecular flexibility index (Phi) is 4.33. The molecule has 0 heterocycles. The van der Waals surface area contributed by atoms with Gasteiger partial charge in [-0.25, -0.2) is 4.39 Å². The summed E-state index contributed by atoms with van der Waals surface area (Å²) in [5.74, 6) is -0.190. The van der Waals surface area contributed by atoms with Crippen molar-refractivity contribution in [2.75, 3.05) is 0 Å². The van der Waals surface area contributed by atoms with Crippen LogP contribution < -0.4 is 5.32 Å². The quantitative estimate of drug-likeness (QED) is 0.861. The second-order valence-electron chi connectivity index (χ2n) is 5.08. The molecule has 0 saturated carbocycles. The number of benzene rings is 2. The van der Waals surface area contributed by atoms with Gasteiger partial charge in [-0.05, 0) is 49.6 Å². The Morgan fingerprint density at radius 1 is 1.05 bits per heavy atom. The molecule has 2 rings (SSSR count). The number of rotatable bonds is 4. The molecule has 1 unspecified atom stereocenters. The summed E-state index contributed by atoms with van der Waals surface area (Å²) in [5, 5.41) is 3.47. The third-order valence-electron chi connectivity index (χ3n) is 3.47. The van der Waals surface area contributed by atoms with E-state index in [0.29, 0.717) is 0 Å². The molecule has 1 N–H and O–H groups in total. The maximum Gasteiger partial charge on any atom is 0.123 e. The third-order valence-corrected chi connectivity index (χ3v) is 3.47. The van der Waals surface area contributed by atoms with Crippen molar-refractivity contribution < 1.29 is 4.39 Å². The van der Waals surface area contributed by atoms with Gasteiger partial charge in [0.05, 0.1) is 0 Å². The van der Waals surface area contributed by atoms with Crippen molar-refractivity contribution >= 4 is 0 Å². The fraction of sp³-hybridized carbons (Fsp3) is 0.294. The average molecular weight is 257 g/mol. The maximum atomic E-state index is 12.9. The highest BCUT2D eigenvalue weighted by molar-refractivity contribution is 5.30. The van der Waals surface area contributed by atoms with Crippen LogP contribution >= 0.6 is 0 Å². The molecule has 0 amide bonds. The summed E-state index contributed by atoms with van der Waals surface area (Å²) < 4.78 is 12.9. The highest BCUT2D eigenvalue weighted by atomic mass is 19.1. The molecule has 2 aromatic carbocycles. The van der Waals surface area contributed by atoms with Crippen molar-refractivity contribution in [1.29, 1.82) is 0 Å². The smallest absolute Gasteiger partial charge is 0.123 e. The Hall–Kier alpha value is -1.67. The van der Waals surface area contributed by atoms with Crippen molar-refractivity contribution in [3.05, 3.63) is 70.5 Å². The third kappa shape index (κ3) is 3.65. The first-order valence-electron chi connectivity index (χ1n) is 6.61. The first-order valence-corrected chi connectivity index (χ1v) is 6.61. The van der Waals surface area contributed by atoms with Gasteiger partial charge in [-0.3, -0.25) is 0 Å². The number of hydrogen-bond acceptors (Lipinski definition) is 1. The molecule has 0 bridgehead atoms. The van der Waals surface area contributed by atoms with Gasteiger partial charge < -0.3 is 5.32 Å². The fourth-order valence-electron chi connectivity index (χ4n) is 2.18. The average Bonchev–Trinajstić information content (AvgIpc) is 2.38. The lowest BCUT2D eigenvalue weighted by molar-refractivity contribution is 0.570. The van der Waals surface area contributed by atoms with E-state index < -0.39 is 0 Å². The Bertz CT molecular complexity index is 546. The predicted molar refractivity (Wildman–Crippen MR) is 77.6 cm³/mol. The SMILES string of the molecule is Cc1ccc(CNC(C)c2ccc(F)cc2)c(C)c1. The lowest BCUT2D eigenvalue weighted by Gasteiger charge is -2.15. The second kappa shape index (κ2) is 5.98. The summed E-state index contributed by atoms with van der Waals surface area (Å²) in [4.78, 5) is 0. The fourth-order valence-corrected chi connectivity index (χ4v) is 2.18. The second-order valence-corrected chi connectivity index (χ2v) is 5.08. The van der Waals surface area contributed by atoms with E-state index in [0.717, 1.165) is 12.1 Å². The zero-order valence-corrected chi connectivity index (χ0v) is 11.7. The van der Waals surface area contributed by atoms with Gasteiger partial charge in [0, 0.05) is 12.6 Å². The van der Waals surface area contributed by atoms with Crippen molar-refractivity contribution in [1.82, 2.24) is 5.32 Å². The molecule has 0 radical (unpaired) electrons. The van der Waals surface area contributed by atoms with E-state index in [-0.39, 0.29) is 11.9 Å². The molecule has 0 fully saturated rings. The molecule has 0 spiro atoms. The Morgan fingerprint density at radius 3 is 2.37 bits per heavy atom. The van der Waals surface area contributed by atoms with Gasteiger partial charge in [0.25, 0.3) is 0 Å². The lowest BCUT2D eigenvalue weighted by Crippen LogP contribution is -2.18. The zero-order chi connectivity index (χ0) is 13.8. The molecule has 100 valence electrons. The molecule has 1 nitrogen and oxygen atoms in total. The zero-order valence-electron chi connectivity index (χ0n) is 11.7. The standard InChI is InChI=1S/C17H20FN/c1-12-4-5-16(13(2)10-12)11-19-14(3)15-6-8-17(18)9-7-15/h4-10,14,19H,11H2,1-3H3. The van der Waals surface area contributed by atoms with E-state index in [1.165, 1.54) is 28.8 Å². The molecular formula is C17H20FN. The van der Waals surface area contributed by atoms with Crippen molar-refractivity contribution in [2.45, 2.75) is 33.4 Å². The summed E-state index contributed by atoms with van der Waals surface area (Å²) in [6, 6.07) is 13.4. The van der Waals surface area contributed by atoms with Gasteiger partial charge in [0.15, 0.2) is 0 Å². The van der Waals surface area contributed by atoms with Crippen LogP contribution in [0.15, 0.2) is 42.5 Å². The van der Waals surface area contributed by atoms with Gasteiger partial charge in [-0.1, -0.05) is 35.9 Å². The van der Waals surface area contributed by atoms with Gasteiger partial charge in [-0.2, -0.15) is 0 Å². The molecule has 0 aliphatic rings. The van der Waals surface area contributed by atoms with Crippen LogP contribution in [0.1, 0.15) is 35.2 Å². The van der Waals surface area contributed by atoms with E-state index in [2.05, 4.69) is 44.3 Å². The Balaban J connectivity index is 2.00. The van der Waals surface area contributed by atoms with Crippen molar-refractivity contribution in [2.24, 2.45) is 0 Å². The summed E-state index contributed by atoms with van der Waals surface area (Å²) in [6.07, 6.45) is 0. The molecule has 2 aromatic rings. The van der Waals surface area contributed by atoms with Crippen LogP contribution in [0.3, 0.4) is 0 Å². The van der Waals surface area contributed by atoms with Crippen LogP contribution in [-0.2, 0) is 6.54 Å². The number of aryl methyl sites for hydroxylation is 2. The Morgan fingerprint density at radius 2 is 1.74 bits per heavy atom. The first-order chi connectivity index (χ1) is 9.06. The molecule has 0 aromatic heterocycles. The normalized spacial score (nSPS) is 12.4. The molecule has 1 atom stereocenters. The molecule has 2 heteroatoms. The van der Waals surface area contributed by atoms with E-state index in [1.54, 1.807) is 0 Å². The van der Waals surface area contributed by atoms with Crippen molar-refractivity contribution in [3.63, 3.8) is 0 Å². The molecular weight excluding hydrogens is 237 g/mol. The summed E-state index contributed by atoms with van der Waals surface area (Å²) >= 11 is 0. The maximum absolute atomic E-state index is 12.9. The largest absolute Gasteiger partial charge is 0.306 e. The predicted octanol–water partition coefficient (Wildman–Crippen LogP) is 4.29. The van der Waals surface area contributed by atoms with Crippen molar-refractivity contribution in [3.8, 4) is 0 Å². The minimum atomic E-state index is -0.190. The van der Waals surface area contributed by atoms with E-state index in [1.807, 2.05) is 12.1 Å². The van der Waals surface area contributed by atoms with Gasteiger partial charge in [0.2, 0.25) is 0 Å².